The van der Waals surface area contributed by atoms with Gasteiger partial charge in [0.25, 0.3) is 5.91 Å². The van der Waals surface area contributed by atoms with E-state index in [1.807, 2.05) is 0 Å². The Kier molecular flexibility index (Phi) is 5.09. The third kappa shape index (κ3) is 3.82. The first-order chi connectivity index (χ1) is 14.4. The van der Waals surface area contributed by atoms with Crippen LogP contribution in [-0.4, -0.2) is 25.2 Å². The number of imidazole rings is 1. The Bertz CT molecular complexity index is 1220. The summed E-state index contributed by atoms with van der Waals surface area (Å²) in [5.41, 5.74) is 1.11. The lowest BCUT2D eigenvalue weighted by atomic mass is 10.1. The molecule has 0 aliphatic heterocycles. The Balaban J connectivity index is 1.53. The van der Waals surface area contributed by atoms with Gasteiger partial charge in [0, 0.05) is 43.8 Å². The zero-order chi connectivity index (χ0) is 21.3. The third-order valence-electron chi connectivity index (χ3n) is 4.51. The van der Waals surface area contributed by atoms with Gasteiger partial charge in [0.2, 0.25) is 0 Å². The van der Waals surface area contributed by atoms with E-state index in [2.05, 4.69) is 15.4 Å². The van der Waals surface area contributed by atoms with Crippen molar-refractivity contribution < 1.29 is 18.0 Å². The van der Waals surface area contributed by atoms with Gasteiger partial charge in [-0.3, -0.25) is 9.48 Å². The van der Waals surface area contributed by atoms with Crippen LogP contribution in [0.5, 0.6) is 0 Å². The largest absolute Gasteiger partial charge is 0.348 e. The van der Waals surface area contributed by atoms with Crippen LogP contribution in [0.3, 0.4) is 0 Å². The normalized spacial score (nSPS) is 10.9. The van der Waals surface area contributed by atoms with Gasteiger partial charge in [-0.05, 0) is 29.8 Å². The number of aromatic nitrogens is 4. The molecule has 6 nitrogen and oxygen atoms in total. The summed E-state index contributed by atoms with van der Waals surface area (Å²) in [5.74, 6) is -2.52. The Morgan fingerprint density at radius 2 is 1.93 bits per heavy atom. The lowest BCUT2D eigenvalue weighted by Gasteiger charge is -2.09. The van der Waals surface area contributed by atoms with Crippen molar-refractivity contribution in [2.45, 2.75) is 6.54 Å². The summed E-state index contributed by atoms with van der Waals surface area (Å²) in [6.45, 7) is 0.0558. The van der Waals surface area contributed by atoms with Gasteiger partial charge < -0.3 is 9.88 Å². The van der Waals surface area contributed by atoms with Crippen LogP contribution in [0.25, 0.3) is 16.9 Å². The van der Waals surface area contributed by atoms with E-state index in [0.29, 0.717) is 11.3 Å². The molecular formula is C21H16F3N5O. The number of hydrogen-bond donors (Lipinski definition) is 1. The standard InChI is InChI=1S/C21H16F3N5O/c1-28-11-16(20(27-28)15-4-3-14(22)9-17(15)23)21(30)26-10-13-2-5-19(18(24)8-13)29-7-6-25-12-29/h2-9,11-12H,10H2,1H3,(H,26,30). The van der Waals surface area contributed by atoms with E-state index in [1.165, 1.54) is 33.9 Å². The molecule has 0 atom stereocenters. The number of hydrogen-bond acceptors (Lipinski definition) is 3. The topological polar surface area (TPSA) is 64.7 Å². The molecular weight excluding hydrogens is 395 g/mol. The zero-order valence-electron chi connectivity index (χ0n) is 15.8. The van der Waals surface area contributed by atoms with Crippen LogP contribution < -0.4 is 5.32 Å². The maximum atomic E-state index is 14.4. The smallest absolute Gasteiger partial charge is 0.255 e. The fraction of sp³-hybridized carbons (Fsp3) is 0.0952. The number of carbonyl (C=O) groups is 1. The molecule has 0 fully saturated rings. The SMILES string of the molecule is Cn1cc(C(=O)NCc2ccc(-n3ccnc3)c(F)c2)c(-c2ccc(F)cc2F)n1. The third-order valence-corrected chi connectivity index (χ3v) is 4.51. The molecule has 2 heterocycles. The minimum absolute atomic E-state index is 0.0119. The monoisotopic (exact) mass is 411 g/mol. The molecule has 152 valence electrons. The second kappa shape index (κ2) is 7.86. The van der Waals surface area contributed by atoms with Crippen molar-refractivity contribution in [3.8, 4) is 16.9 Å². The molecule has 0 bridgehead atoms. The average Bonchev–Trinajstić information content (AvgIpc) is 3.36. The Morgan fingerprint density at radius 3 is 2.63 bits per heavy atom. The highest BCUT2D eigenvalue weighted by Crippen LogP contribution is 2.25. The number of nitrogens with one attached hydrogen (secondary N) is 1. The molecule has 2 aromatic carbocycles. The summed E-state index contributed by atoms with van der Waals surface area (Å²) in [4.78, 5) is 16.6. The van der Waals surface area contributed by atoms with Crippen molar-refractivity contribution in [1.82, 2.24) is 24.6 Å². The molecule has 0 radical (unpaired) electrons. The number of nitrogens with zero attached hydrogens (tertiary/aromatic N) is 4. The summed E-state index contributed by atoms with van der Waals surface area (Å²) in [6.07, 6.45) is 6.09. The lowest BCUT2D eigenvalue weighted by Crippen LogP contribution is -2.23. The van der Waals surface area contributed by atoms with E-state index in [0.717, 1.165) is 12.1 Å². The van der Waals surface area contributed by atoms with Gasteiger partial charge in [0.15, 0.2) is 0 Å². The summed E-state index contributed by atoms with van der Waals surface area (Å²) >= 11 is 0. The predicted molar refractivity (Wildman–Crippen MR) is 103 cm³/mol. The Labute approximate surface area is 169 Å². The van der Waals surface area contributed by atoms with Gasteiger partial charge in [-0.25, -0.2) is 18.2 Å². The quantitative estimate of drug-likeness (QED) is 0.546. The molecule has 0 aliphatic carbocycles. The van der Waals surface area contributed by atoms with E-state index >= 15 is 0 Å². The first kappa shape index (κ1) is 19.4. The number of aryl methyl sites for hydroxylation is 1. The number of benzene rings is 2. The average molecular weight is 411 g/mol. The Morgan fingerprint density at radius 1 is 1.10 bits per heavy atom. The van der Waals surface area contributed by atoms with Gasteiger partial charge in [0.05, 0.1) is 17.6 Å². The van der Waals surface area contributed by atoms with Crippen LogP contribution in [0, 0.1) is 17.5 Å². The molecule has 0 spiro atoms. The van der Waals surface area contributed by atoms with E-state index in [4.69, 9.17) is 0 Å². The maximum Gasteiger partial charge on any atom is 0.255 e. The summed E-state index contributed by atoms with van der Waals surface area (Å²) in [7, 11) is 1.59. The van der Waals surface area contributed by atoms with Gasteiger partial charge in [-0.2, -0.15) is 5.10 Å². The Hall–Kier alpha value is -3.88. The first-order valence-electron chi connectivity index (χ1n) is 8.96. The van der Waals surface area contributed by atoms with Crippen molar-refractivity contribution in [2.24, 2.45) is 7.05 Å². The van der Waals surface area contributed by atoms with Crippen LogP contribution in [0.15, 0.2) is 61.3 Å². The number of rotatable bonds is 5. The van der Waals surface area contributed by atoms with Gasteiger partial charge in [0.1, 0.15) is 23.1 Å². The molecule has 4 rings (SSSR count). The molecule has 1 amide bonds. The molecule has 0 saturated carbocycles. The van der Waals surface area contributed by atoms with Crippen molar-refractivity contribution in [1.29, 1.82) is 0 Å². The molecule has 0 aliphatic rings. The maximum absolute atomic E-state index is 14.4. The fourth-order valence-electron chi connectivity index (χ4n) is 3.08. The van der Waals surface area contributed by atoms with Gasteiger partial charge in [-0.15, -0.1) is 0 Å². The highest BCUT2D eigenvalue weighted by atomic mass is 19.1. The molecule has 4 aromatic rings. The summed E-state index contributed by atoms with van der Waals surface area (Å²) in [6, 6.07) is 7.65. The zero-order valence-corrected chi connectivity index (χ0v) is 15.8. The molecule has 0 unspecified atom stereocenters. The second-order valence-corrected chi connectivity index (χ2v) is 6.63. The van der Waals surface area contributed by atoms with Crippen LogP contribution in [0.4, 0.5) is 13.2 Å². The first-order valence-corrected chi connectivity index (χ1v) is 8.96. The highest BCUT2D eigenvalue weighted by molar-refractivity contribution is 5.99. The number of carbonyl (C=O) groups excluding carboxylic acids is 1. The number of amides is 1. The minimum Gasteiger partial charge on any atom is -0.348 e. The fourth-order valence-corrected chi connectivity index (χ4v) is 3.08. The molecule has 9 heteroatoms. The molecule has 0 saturated heterocycles. The van der Waals surface area contributed by atoms with Gasteiger partial charge >= 0.3 is 0 Å². The van der Waals surface area contributed by atoms with Crippen molar-refractivity contribution in [3.05, 3.63) is 89.9 Å². The van der Waals surface area contributed by atoms with Crippen LogP contribution >= 0.6 is 0 Å². The van der Waals surface area contributed by atoms with E-state index in [1.54, 1.807) is 31.6 Å². The van der Waals surface area contributed by atoms with Crippen molar-refractivity contribution >= 4 is 5.91 Å². The predicted octanol–water partition coefficient (Wildman–Crippen LogP) is 3.62. The number of halogens is 3. The lowest BCUT2D eigenvalue weighted by molar-refractivity contribution is 0.0951. The molecule has 30 heavy (non-hydrogen) atoms. The van der Waals surface area contributed by atoms with E-state index in [-0.39, 0.29) is 23.4 Å². The van der Waals surface area contributed by atoms with E-state index in [9.17, 15) is 18.0 Å². The van der Waals surface area contributed by atoms with Crippen LogP contribution in [-0.2, 0) is 13.6 Å². The highest BCUT2D eigenvalue weighted by Gasteiger charge is 2.20. The van der Waals surface area contributed by atoms with Crippen LogP contribution in [0.2, 0.25) is 0 Å². The van der Waals surface area contributed by atoms with Crippen molar-refractivity contribution in [2.75, 3.05) is 0 Å². The molecule has 1 N–H and O–H groups in total. The van der Waals surface area contributed by atoms with Gasteiger partial charge in [-0.1, -0.05) is 6.07 Å². The minimum atomic E-state index is -0.820. The van der Waals surface area contributed by atoms with E-state index < -0.39 is 23.4 Å². The summed E-state index contributed by atoms with van der Waals surface area (Å²) in [5, 5.41) is 6.80. The van der Waals surface area contributed by atoms with Crippen LogP contribution in [0.1, 0.15) is 15.9 Å². The van der Waals surface area contributed by atoms with Crippen molar-refractivity contribution in [3.63, 3.8) is 0 Å². The second-order valence-electron chi connectivity index (χ2n) is 6.63. The molecule has 2 aromatic heterocycles. The summed E-state index contributed by atoms with van der Waals surface area (Å²) < 4.78 is 44.7.